The van der Waals surface area contributed by atoms with Crippen molar-refractivity contribution in [1.82, 2.24) is 5.23 Å². The molecule has 0 saturated heterocycles. The van der Waals surface area contributed by atoms with Crippen LogP contribution in [0.25, 0.3) is 5.57 Å². The highest BCUT2D eigenvalue weighted by molar-refractivity contribution is 5.82. The van der Waals surface area contributed by atoms with E-state index in [4.69, 9.17) is 10.0 Å². The normalized spacial score (nSPS) is 18.2. The van der Waals surface area contributed by atoms with Crippen molar-refractivity contribution in [3.63, 3.8) is 0 Å². The fourth-order valence-electron chi connectivity index (χ4n) is 1.93. The van der Waals surface area contributed by atoms with Crippen molar-refractivity contribution < 1.29 is 15.2 Å². The van der Waals surface area contributed by atoms with Gasteiger partial charge in [-0.1, -0.05) is 24.3 Å². The minimum atomic E-state index is -0.301. The van der Waals surface area contributed by atoms with E-state index in [1.54, 1.807) is 0 Å². The molecule has 2 aliphatic rings. The number of nitrogens with zero attached hydrogens (tertiary/aromatic N) is 1. The Morgan fingerprint density at radius 2 is 2.07 bits per heavy atom. The molecule has 15 heavy (non-hydrogen) atoms. The third kappa shape index (κ3) is 1.12. The van der Waals surface area contributed by atoms with Crippen molar-refractivity contribution >= 4 is 5.57 Å². The Morgan fingerprint density at radius 3 is 2.93 bits per heavy atom. The molecule has 0 aromatic heterocycles. The Balaban J connectivity index is 2.12. The van der Waals surface area contributed by atoms with Crippen LogP contribution in [-0.4, -0.2) is 15.5 Å². The zero-order valence-electron chi connectivity index (χ0n) is 7.84. The van der Waals surface area contributed by atoms with E-state index in [1.807, 2.05) is 24.3 Å². The smallest absolute Gasteiger partial charge is 0.252 e. The van der Waals surface area contributed by atoms with E-state index in [0.29, 0.717) is 17.4 Å². The molecule has 0 radical (unpaired) electrons. The van der Waals surface area contributed by atoms with Gasteiger partial charge in [0, 0.05) is 18.1 Å². The summed E-state index contributed by atoms with van der Waals surface area (Å²) in [5, 5.41) is 18.9. The highest BCUT2D eigenvalue weighted by atomic mass is 16.9. The molecule has 4 nitrogen and oxygen atoms in total. The standard InChI is InChI=1S/C11H9NO3/c13-11-6-9-8-4-2-1-3-7(8)5-10(9)15-12(11)14/h1-4,6,13-14H,5H2. The van der Waals surface area contributed by atoms with Crippen LogP contribution in [0.1, 0.15) is 11.1 Å². The Kier molecular flexibility index (Phi) is 1.55. The van der Waals surface area contributed by atoms with Crippen LogP contribution < -0.4 is 0 Å². The molecule has 0 atom stereocenters. The maximum atomic E-state index is 9.33. The first kappa shape index (κ1) is 8.38. The number of benzene rings is 1. The molecule has 0 unspecified atom stereocenters. The van der Waals surface area contributed by atoms with Crippen molar-refractivity contribution in [2.75, 3.05) is 0 Å². The minimum Gasteiger partial charge on any atom is -0.491 e. The maximum Gasteiger partial charge on any atom is 0.252 e. The lowest BCUT2D eigenvalue weighted by atomic mass is 10.1. The maximum absolute atomic E-state index is 9.33. The molecule has 2 N–H and O–H groups in total. The second-order valence-corrected chi connectivity index (χ2v) is 3.54. The molecule has 1 heterocycles. The average molecular weight is 203 g/mol. The first-order valence-corrected chi connectivity index (χ1v) is 4.65. The lowest BCUT2D eigenvalue weighted by Gasteiger charge is -2.20. The third-order valence-corrected chi connectivity index (χ3v) is 2.63. The molecule has 3 rings (SSSR count). The van der Waals surface area contributed by atoms with Gasteiger partial charge in [-0.2, -0.15) is 0 Å². The largest absolute Gasteiger partial charge is 0.491 e. The van der Waals surface area contributed by atoms with Crippen molar-refractivity contribution in [3.8, 4) is 0 Å². The third-order valence-electron chi connectivity index (χ3n) is 2.63. The number of allylic oxidation sites excluding steroid dienone is 3. The van der Waals surface area contributed by atoms with Gasteiger partial charge in [0.25, 0.3) is 5.88 Å². The molecule has 1 aliphatic carbocycles. The van der Waals surface area contributed by atoms with Crippen LogP contribution in [0.3, 0.4) is 0 Å². The molecule has 4 heteroatoms. The fraction of sp³-hybridized carbons (Fsp3) is 0.0909. The number of rotatable bonds is 0. The second kappa shape index (κ2) is 2.77. The van der Waals surface area contributed by atoms with E-state index in [2.05, 4.69) is 0 Å². The van der Waals surface area contributed by atoms with E-state index < -0.39 is 0 Å². The zero-order chi connectivity index (χ0) is 10.4. The first-order chi connectivity index (χ1) is 7.25. The molecule has 1 aromatic rings. The quantitative estimate of drug-likeness (QED) is 0.677. The van der Waals surface area contributed by atoms with E-state index in [9.17, 15) is 5.11 Å². The molecule has 76 valence electrons. The zero-order valence-corrected chi connectivity index (χ0v) is 7.84. The highest BCUT2D eigenvalue weighted by Gasteiger charge is 2.28. The summed E-state index contributed by atoms with van der Waals surface area (Å²) < 4.78 is 0. The van der Waals surface area contributed by atoms with Crippen molar-refractivity contribution in [3.05, 3.63) is 53.1 Å². The molecule has 1 aliphatic heterocycles. The fourth-order valence-corrected chi connectivity index (χ4v) is 1.93. The number of aliphatic hydroxyl groups excluding tert-OH is 1. The molecule has 0 amide bonds. The van der Waals surface area contributed by atoms with Crippen LogP contribution in [0.2, 0.25) is 0 Å². The summed E-state index contributed by atoms with van der Waals surface area (Å²) >= 11 is 0. The van der Waals surface area contributed by atoms with Crippen LogP contribution in [0.4, 0.5) is 0 Å². The Hall–Kier alpha value is -1.94. The van der Waals surface area contributed by atoms with Gasteiger partial charge in [-0.3, -0.25) is 5.21 Å². The average Bonchev–Trinajstić information content (AvgIpc) is 2.57. The van der Waals surface area contributed by atoms with Gasteiger partial charge in [0.05, 0.1) is 0 Å². The minimum absolute atomic E-state index is 0.301. The van der Waals surface area contributed by atoms with Crippen LogP contribution in [0, 0.1) is 0 Å². The molecule has 0 bridgehead atoms. The summed E-state index contributed by atoms with van der Waals surface area (Å²) in [5.74, 6) is 0.363. The summed E-state index contributed by atoms with van der Waals surface area (Å²) in [6.07, 6.45) is 2.15. The van der Waals surface area contributed by atoms with Gasteiger partial charge < -0.3 is 9.94 Å². The Labute approximate surface area is 86.2 Å². The van der Waals surface area contributed by atoms with Crippen LogP contribution in [0.15, 0.2) is 42.0 Å². The number of hydrogen-bond donors (Lipinski definition) is 2. The molecule has 0 fully saturated rings. The van der Waals surface area contributed by atoms with E-state index >= 15 is 0 Å². The molecule has 0 spiro atoms. The lowest BCUT2D eigenvalue weighted by molar-refractivity contribution is -0.313. The second-order valence-electron chi connectivity index (χ2n) is 3.54. The van der Waals surface area contributed by atoms with Gasteiger partial charge >= 0.3 is 0 Å². The van der Waals surface area contributed by atoms with E-state index in [0.717, 1.165) is 16.7 Å². The topological polar surface area (TPSA) is 52.9 Å². The number of aliphatic hydroxyl groups is 1. The van der Waals surface area contributed by atoms with Gasteiger partial charge in [0.2, 0.25) is 0 Å². The van der Waals surface area contributed by atoms with Crippen molar-refractivity contribution in [2.45, 2.75) is 6.42 Å². The van der Waals surface area contributed by atoms with Crippen LogP contribution >= 0.6 is 0 Å². The van der Waals surface area contributed by atoms with Gasteiger partial charge in [-0.05, 0) is 16.4 Å². The van der Waals surface area contributed by atoms with Gasteiger partial charge in [0.15, 0.2) is 0 Å². The summed E-state index contributed by atoms with van der Waals surface area (Å²) in [5.41, 5.74) is 3.03. The summed E-state index contributed by atoms with van der Waals surface area (Å²) in [7, 11) is 0. The predicted octanol–water partition coefficient (Wildman–Crippen LogP) is 1.99. The van der Waals surface area contributed by atoms with Crippen molar-refractivity contribution in [1.29, 1.82) is 0 Å². The highest BCUT2D eigenvalue weighted by Crippen LogP contribution is 2.37. The van der Waals surface area contributed by atoms with Crippen molar-refractivity contribution in [2.24, 2.45) is 0 Å². The van der Waals surface area contributed by atoms with Crippen LogP contribution in [-0.2, 0) is 11.3 Å². The van der Waals surface area contributed by atoms with Gasteiger partial charge in [-0.15, -0.1) is 0 Å². The SMILES string of the molecule is OC1=CC2=C(Cc3ccccc32)ON1O. The first-order valence-electron chi connectivity index (χ1n) is 4.65. The molecule has 0 saturated carbocycles. The van der Waals surface area contributed by atoms with E-state index in [1.165, 1.54) is 6.08 Å². The van der Waals surface area contributed by atoms with E-state index in [-0.39, 0.29) is 5.88 Å². The number of fused-ring (bicyclic) bond motifs is 2. The van der Waals surface area contributed by atoms with Gasteiger partial charge in [0.1, 0.15) is 5.76 Å². The molecular weight excluding hydrogens is 194 g/mol. The molecule has 1 aromatic carbocycles. The Morgan fingerprint density at radius 1 is 1.27 bits per heavy atom. The summed E-state index contributed by atoms with van der Waals surface area (Å²) in [6, 6.07) is 7.87. The van der Waals surface area contributed by atoms with Crippen LogP contribution in [0.5, 0.6) is 0 Å². The monoisotopic (exact) mass is 203 g/mol. The Bertz CT molecular complexity index is 490. The number of hydrogen-bond acceptors (Lipinski definition) is 4. The predicted molar refractivity (Wildman–Crippen MR) is 52.5 cm³/mol. The molecular formula is C11H9NO3. The summed E-state index contributed by atoms with van der Waals surface area (Å²) in [6.45, 7) is 0. The number of hydroxylamine groups is 2. The summed E-state index contributed by atoms with van der Waals surface area (Å²) in [4.78, 5) is 5.06. The van der Waals surface area contributed by atoms with Gasteiger partial charge in [-0.25, -0.2) is 0 Å². The lowest BCUT2D eigenvalue weighted by Crippen LogP contribution is -2.21.